The fourth-order valence-electron chi connectivity index (χ4n) is 3.06. The molecule has 1 aromatic rings. The molecule has 1 aromatic carbocycles. The highest BCUT2D eigenvalue weighted by molar-refractivity contribution is 7.89. The van der Waals surface area contributed by atoms with Gasteiger partial charge in [0.15, 0.2) is 0 Å². The van der Waals surface area contributed by atoms with Gasteiger partial charge < -0.3 is 10.2 Å². The van der Waals surface area contributed by atoms with E-state index in [0.717, 1.165) is 0 Å². The Morgan fingerprint density at radius 1 is 1.33 bits per heavy atom. The molecule has 146 valence electrons. The lowest BCUT2D eigenvalue weighted by Crippen LogP contribution is -2.46. The lowest BCUT2D eigenvalue weighted by molar-refractivity contribution is -0.135. The number of benzene rings is 1. The molecule has 0 bridgehead atoms. The topological polar surface area (TPSA) is 111 Å². The predicted octanol–water partition coefficient (Wildman–Crippen LogP) is 1.42. The molecule has 27 heavy (non-hydrogen) atoms. The number of rotatable bonds is 6. The predicted molar refractivity (Wildman–Crippen MR) is 100 cm³/mol. The number of anilines is 1. The van der Waals surface area contributed by atoms with Crippen LogP contribution in [0.4, 0.5) is 5.69 Å². The normalized spacial score (nSPS) is 17.7. The zero-order valence-electron chi connectivity index (χ0n) is 15.5. The summed E-state index contributed by atoms with van der Waals surface area (Å²) in [6.45, 7) is 2.21. The Hall–Kier alpha value is -2.44. The minimum atomic E-state index is -3.72. The van der Waals surface area contributed by atoms with Crippen molar-refractivity contribution >= 4 is 27.5 Å². The number of hydrogen-bond acceptors (Lipinski definition) is 5. The average Bonchev–Trinajstić information content (AvgIpc) is 2.65. The van der Waals surface area contributed by atoms with Crippen molar-refractivity contribution in [2.75, 3.05) is 32.0 Å². The lowest BCUT2D eigenvalue weighted by Gasteiger charge is -2.33. The third kappa shape index (κ3) is 5.28. The smallest absolute Gasteiger partial charge is 0.243 e. The Bertz CT molecular complexity index is 830. The van der Waals surface area contributed by atoms with Crippen LogP contribution in [0.25, 0.3) is 0 Å². The van der Waals surface area contributed by atoms with E-state index in [1.165, 1.54) is 40.4 Å². The molecule has 0 aromatic heterocycles. The molecule has 0 radical (unpaired) electrons. The largest absolute Gasteiger partial charge is 0.344 e. The van der Waals surface area contributed by atoms with Gasteiger partial charge in [0.2, 0.25) is 21.8 Å². The number of nitrogens with zero attached hydrogens (tertiary/aromatic N) is 3. The minimum absolute atomic E-state index is 0.127. The van der Waals surface area contributed by atoms with Crippen molar-refractivity contribution in [2.24, 2.45) is 5.92 Å². The van der Waals surface area contributed by atoms with Crippen LogP contribution < -0.4 is 5.32 Å². The van der Waals surface area contributed by atoms with E-state index >= 15 is 0 Å². The second-order valence-corrected chi connectivity index (χ2v) is 8.51. The second kappa shape index (κ2) is 8.97. The first-order chi connectivity index (χ1) is 12.8. The number of carbonyl (C=O) groups is 2. The van der Waals surface area contributed by atoms with Crippen LogP contribution in [0.1, 0.15) is 26.2 Å². The Balaban J connectivity index is 2.10. The highest BCUT2D eigenvalue weighted by Gasteiger charge is 2.34. The first-order valence-electron chi connectivity index (χ1n) is 8.75. The van der Waals surface area contributed by atoms with E-state index in [9.17, 15) is 18.0 Å². The number of sulfonamides is 1. The summed E-state index contributed by atoms with van der Waals surface area (Å²) in [5, 5.41) is 11.2. The highest BCUT2D eigenvalue weighted by Crippen LogP contribution is 2.25. The highest BCUT2D eigenvalue weighted by atomic mass is 32.2. The van der Waals surface area contributed by atoms with E-state index in [-0.39, 0.29) is 29.7 Å². The van der Waals surface area contributed by atoms with Crippen molar-refractivity contribution in [1.82, 2.24) is 9.21 Å². The van der Waals surface area contributed by atoms with Gasteiger partial charge in [-0.15, -0.1) is 0 Å². The van der Waals surface area contributed by atoms with Crippen LogP contribution in [0.3, 0.4) is 0 Å². The zero-order chi connectivity index (χ0) is 20.0. The lowest BCUT2D eigenvalue weighted by atomic mass is 9.98. The molecule has 9 heteroatoms. The van der Waals surface area contributed by atoms with Crippen molar-refractivity contribution in [3.63, 3.8) is 0 Å². The Labute approximate surface area is 159 Å². The van der Waals surface area contributed by atoms with E-state index in [1.54, 1.807) is 7.05 Å². The maximum Gasteiger partial charge on any atom is 0.243 e. The number of carbonyl (C=O) groups excluding carboxylic acids is 2. The Kier molecular flexibility index (Phi) is 6.93. The molecule has 1 heterocycles. The molecule has 2 rings (SSSR count). The molecule has 1 N–H and O–H groups in total. The van der Waals surface area contributed by atoms with Crippen molar-refractivity contribution in [3.05, 3.63) is 24.3 Å². The van der Waals surface area contributed by atoms with Gasteiger partial charge in [-0.05, 0) is 37.1 Å². The molecule has 1 aliphatic heterocycles. The molecule has 1 aliphatic rings. The average molecular weight is 392 g/mol. The SMILES string of the molecule is CC(=O)Nc1ccc(S(=O)(=O)N2CCC[C@@H](C(=O)N(C)CCC#N)C2)cc1. The van der Waals surface area contributed by atoms with Crippen molar-refractivity contribution in [1.29, 1.82) is 5.26 Å². The number of amides is 2. The summed E-state index contributed by atoms with van der Waals surface area (Å²) in [4.78, 5) is 25.2. The van der Waals surface area contributed by atoms with Crippen LogP contribution in [0.2, 0.25) is 0 Å². The van der Waals surface area contributed by atoms with Crippen LogP contribution >= 0.6 is 0 Å². The summed E-state index contributed by atoms with van der Waals surface area (Å²) in [7, 11) is -2.09. The van der Waals surface area contributed by atoms with Crippen LogP contribution in [0.5, 0.6) is 0 Å². The molecule has 1 atom stereocenters. The summed E-state index contributed by atoms with van der Waals surface area (Å²) in [5.74, 6) is -0.773. The molecule has 0 aliphatic carbocycles. The van der Waals surface area contributed by atoms with Gasteiger partial charge in [-0.25, -0.2) is 8.42 Å². The molecule has 0 unspecified atom stereocenters. The molecular weight excluding hydrogens is 368 g/mol. The molecule has 0 spiro atoms. The molecule has 1 fully saturated rings. The standard InChI is InChI=1S/C18H24N4O4S/c1-14(23)20-16-6-8-17(9-7-16)27(25,26)22-12-3-5-15(13-22)18(24)21(2)11-4-10-19/h6-9,15H,3-5,11-13H2,1-2H3,(H,20,23)/t15-/m1/s1. The van der Waals surface area contributed by atoms with Gasteiger partial charge in [0.1, 0.15) is 0 Å². The van der Waals surface area contributed by atoms with E-state index < -0.39 is 15.9 Å². The maximum atomic E-state index is 12.9. The van der Waals surface area contributed by atoms with Crippen LogP contribution in [0, 0.1) is 17.2 Å². The van der Waals surface area contributed by atoms with Crippen LogP contribution in [-0.2, 0) is 19.6 Å². The summed E-state index contributed by atoms with van der Waals surface area (Å²) in [6.07, 6.45) is 1.48. The number of nitrogens with one attached hydrogen (secondary N) is 1. The molecule has 2 amide bonds. The number of nitriles is 1. The maximum absolute atomic E-state index is 12.9. The van der Waals surface area contributed by atoms with Crippen molar-refractivity contribution in [2.45, 2.75) is 31.1 Å². The first kappa shape index (κ1) is 20.9. The van der Waals surface area contributed by atoms with Gasteiger partial charge in [-0.1, -0.05) is 0 Å². The quantitative estimate of drug-likeness (QED) is 0.787. The van der Waals surface area contributed by atoms with Gasteiger partial charge in [0.05, 0.1) is 23.3 Å². The van der Waals surface area contributed by atoms with E-state index in [4.69, 9.17) is 5.26 Å². The van der Waals surface area contributed by atoms with Crippen LogP contribution in [-0.4, -0.2) is 56.1 Å². The van der Waals surface area contributed by atoms with Gasteiger partial charge in [0.25, 0.3) is 0 Å². The number of hydrogen-bond donors (Lipinski definition) is 1. The minimum Gasteiger partial charge on any atom is -0.344 e. The van der Waals surface area contributed by atoms with E-state index in [1.807, 2.05) is 6.07 Å². The molecule has 1 saturated heterocycles. The fourth-order valence-corrected chi connectivity index (χ4v) is 4.59. The van der Waals surface area contributed by atoms with Crippen LogP contribution in [0.15, 0.2) is 29.2 Å². The second-order valence-electron chi connectivity index (χ2n) is 6.58. The number of piperidine rings is 1. The van der Waals surface area contributed by atoms with E-state index in [0.29, 0.717) is 31.6 Å². The third-order valence-electron chi connectivity index (χ3n) is 4.48. The van der Waals surface area contributed by atoms with E-state index in [2.05, 4.69) is 5.32 Å². The summed E-state index contributed by atoms with van der Waals surface area (Å²) in [5.41, 5.74) is 0.521. The molecule has 0 saturated carbocycles. The summed E-state index contributed by atoms with van der Waals surface area (Å²) < 4.78 is 27.1. The van der Waals surface area contributed by atoms with Gasteiger partial charge >= 0.3 is 0 Å². The van der Waals surface area contributed by atoms with Crippen molar-refractivity contribution < 1.29 is 18.0 Å². The monoisotopic (exact) mass is 392 g/mol. The third-order valence-corrected chi connectivity index (χ3v) is 6.36. The Morgan fingerprint density at radius 3 is 2.59 bits per heavy atom. The Morgan fingerprint density at radius 2 is 2.00 bits per heavy atom. The zero-order valence-corrected chi connectivity index (χ0v) is 16.3. The van der Waals surface area contributed by atoms with Gasteiger partial charge in [-0.3, -0.25) is 9.59 Å². The van der Waals surface area contributed by atoms with Crippen molar-refractivity contribution in [3.8, 4) is 6.07 Å². The van der Waals surface area contributed by atoms with Gasteiger partial charge in [0, 0.05) is 39.3 Å². The first-order valence-corrected chi connectivity index (χ1v) is 10.2. The van der Waals surface area contributed by atoms with Gasteiger partial charge in [-0.2, -0.15) is 9.57 Å². The molecular formula is C18H24N4O4S. The fraction of sp³-hybridized carbons (Fsp3) is 0.500. The summed E-state index contributed by atoms with van der Waals surface area (Å²) in [6, 6.07) is 7.98. The summed E-state index contributed by atoms with van der Waals surface area (Å²) >= 11 is 0. The molecule has 8 nitrogen and oxygen atoms in total.